The quantitative estimate of drug-likeness (QED) is 0.780. The summed E-state index contributed by atoms with van der Waals surface area (Å²) in [5, 5.41) is 9.12. The molecule has 1 N–H and O–H groups in total. The van der Waals surface area contributed by atoms with Gasteiger partial charge in [0, 0.05) is 31.5 Å². The molecule has 1 aromatic heterocycles. The molecule has 5 nitrogen and oxygen atoms in total. The third-order valence-corrected chi connectivity index (χ3v) is 5.00. The largest absolute Gasteiger partial charge is 0.390 e. The number of aryl methyl sites for hydroxylation is 1. The van der Waals surface area contributed by atoms with Crippen molar-refractivity contribution in [2.75, 3.05) is 6.54 Å². The molecule has 0 aliphatic heterocycles. The second kappa shape index (κ2) is 4.87. The van der Waals surface area contributed by atoms with Crippen molar-refractivity contribution in [1.29, 1.82) is 0 Å². The van der Waals surface area contributed by atoms with E-state index in [4.69, 9.17) is 5.11 Å². The maximum absolute atomic E-state index is 12.5. The molecule has 1 aliphatic carbocycles. The van der Waals surface area contributed by atoms with Crippen LogP contribution in [0.5, 0.6) is 0 Å². The summed E-state index contributed by atoms with van der Waals surface area (Å²) >= 11 is 0. The average Bonchev–Trinajstić information content (AvgIpc) is 3.08. The molecule has 0 spiro atoms. The van der Waals surface area contributed by atoms with E-state index >= 15 is 0 Å². The van der Waals surface area contributed by atoms with Crippen molar-refractivity contribution in [3.05, 3.63) is 30.6 Å². The van der Waals surface area contributed by atoms with Crippen molar-refractivity contribution in [2.45, 2.75) is 30.4 Å². The van der Waals surface area contributed by atoms with Gasteiger partial charge in [0.25, 0.3) is 0 Å². The molecule has 6 heteroatoms. The minimum Gasteiger partial charge on any atom is -0.390 e. The van der Waals surface area contributed by atoms with Gasteiger partial charge in [-0.1, -0.05) is 6.08 Å². The smallest absolute Gasteiger partial charge is 0.245 e. The Morgan fingerprint density at radius 2 is 2.28 bits per heavy atom. The van der Waals surface area contributed by atoms with Gasteiger partial charge >= 0.3 is 0 Å². The van der Waals surface area contributed by atoms with E-state index in [0.29, 0.717) is 12.2 Å². The molecule has 0 aromatic carbocycles. The van der Waals surface area contributed by atoms with Gasteiger partial charge in [-0.25, -0.2) is 8.42 Å². The fourth-order valence-electron chi connectivity index (χ4n) is 1.94. The maximum atomic E-state index is 12.5. The maximum Gasteiger partial charge on any atom is 0.245 e. The van der Waals surface area contributed by atoms with Crippen LogP contribution in [0.3, 0.4) is 0 Å². The fourth-order valence-corrected chi connectivity index (χ4v) is 3.70. The highest BCUT2D eigenvalue weighted by molar-refractivity contribution is 7.89. The van der Waals surface area contributed by atoms with Crippen molar-refractivity contribution < 1.29 is 13.5 Å². The van der Waals surface area contributed by atoms with Gasteiger partial charge in [-0.15, -0.1) is 6.58 Å². The summed E-state index contributed by atoms with van der Waals surface area (Å²) in [6.45, 7) is 3.77. The molecule has 0 unspecified atom stereocenters. The summed E-state index contributed by atoms with van der Waals surface area (Å²) < 4.78 is 28.1. The molecular weight excluding hydrogens is 252 g/mol. The van der Waals surface area contributed by atoms with Crippen LogP contribution in [0.2, 0.25) is 0 Å². The third kappa shape index (κ3) is 2.36. The standard InChI is InChI=1S/C12H18N2O3S/c1-3-6-14(10-4-5-10)18(16,17)12-7-11(9-15)13(2)8-12/h3,7-8,10,15H,1,4-6,9H2,2H3. The first-order chi connectivity index (χ1) is 8.50. The van der Waals surface area contributed by atoms with Gasteiger partial charge in [0.1, 0.15) is 4.90 Å². The molecule has 1 fully saturated rings. The zero-order chi connectivity index (χ0) is 13.3. The van der Waals surface area contributed by atoms with E-state index in [1.807, 2.05) is 0 Å². The first-order valence-electron chi connectivity index (χ1n) is 5.89. The van der Waals surface area contributed by atoms with Crippen molar-refractivity contribution in [3.8, 4) is 0 Å². The van der Waals surface area contributed by atoms with Crippen molar-refractivity contribution in [1.82, 2.24) is 8.87 Å². The second-order valence-corrected chi connectivity index (χ2v) is 6.42. The molecule has 100 valence electrons. The van der Waals surface area contributed by atoms with E-state index in [9.17, 15) is 8.42 Å². The Kier molecular flexibility index (Phi) is 3.61. The molecule has 0 radical (unpaired) electrons. The molecule has 1 saturated carbocycles. The molecule has 2 rings (SSSR count). The Morgan fingerprint density at radius 3 is 2.72 bits per heavy atom. The van der Waals surface area contributed by atoms with Crippen molar-refractivity contribution in [3.63, 3.8) is 0 Å². The number of hydrogen-bond acceptors (Lipinski definition) is 3. The van der Waals surface area contributed by atoms with Crippen LogP contribution in [-0.4, -0.2) is 35.0 Å². The molecule has 0 atom stereocenters. The number of nitrogens with zero attached hydrogens (tertiary/aromatic N) is 2. The first-order valence-corrected chi connectivity index (χ1v) is 7.33. The number of rotatable bonds is 6. The SMILES string of the molecule is C=CCN(C1CC1)S(=O)(=O)c1cc(CO)n(C)c1. The molecule has 0 bridgehead atoms. The van der Waals surface area contributed by atoms with Crippen LogP contribution in [0.1, 0.15) is 18.5 Å². The Balaban J connectivity index is 2.35. The van der Waals surface area contributed by atoms with Crippen LogP contribution in [-0.2, 0) is 23.7 Å². The Labute approximate surface area is 107 Å². The fraction of sp³-hybridized carbons (Fsp3) is 0.500. The van der Waals surface area contributed by atoms with E-state index < -0.39 is 10.0 Å². The van der Waals surface area contributed by atoms with Crippen LogP contribution in [0.15, 0.2) is 29.8 Å². The number of hydrogen-bond donors (Lipinski definition) is 1. The van der Waals surface area contributed by atoms with Crippen LogP contribution in [0.4, 0.5) is 0 Å². The van der Waals surface area contributed by atoms with Gasteiger partial charge in [-0.05, 0) is 18.9 Å². The Morgan fingerprint density at radius 1 is 1.61 bits per heavy atom. The minimum atomic E-state index is -3.48. The lowest BCUT2D eigenvalue weighted by atomic mass is 10.5. The molecule has 1 aromatic rings. The zero-order valence-corrected chi connectivity index (χ0v) is 11.2. The second-order valence-electron chi connectivity index (χ2n) is 4.53. The highest BCUT2D eigenvalue weighted by Crippen LogP contribution is 2.32. The van der Waals surface area contributed by atoms with E-state index in [2.05, 4.69) is 6.58 Å². The summed E-state index contributed by atoms with van der Waals surface area (Å²) in [6, 6.07) is 1.62. The predicted octanol–water partition coefficient (Wildman–Crippen LogP) is 0.857. The van der Waals surface area contributed by atoms with E-state index in [1.54, 1.807) is 23.9 Å². The van der Waals surface area contributed by atoms with E-state index in [0.717, 1.165) is 12.8 Å². The van der Waals surface area contributed by atoms with Crippen LogP contribution >= 0.6 is 0 Å². The van der Waals surface area contributed by atoms with Gasteiger partial charge in [-0.3, -0.25) is 0 Å². The molecule has 0 amide bonds. The lowest BCUT2D eigenvalue weighted by Crippen LogP contribution is -2.33. The van der Waals surface area contributed by atoms with Crippen LogP contribution in [0, 0.1) is 0 Å². The number of aliphatic hydroxyl groups is 1. The molecule has 1 aliphatic rings. The zero-order valence-electron chi connectivity index (χ0n) is 10.4. The number of aliphatic hydroxyl groups excluding tert-OH is 1. The lowest BCUT2D eigenvalue weighted by Gasteiger charge is -2.19. The lowest BCUT2D eigenvalue weighted by molar-refractivity contribution is 0.272. The van der Waals surface area contributed by atoms with Crippen molar-refractivity contribution >= 4 is 10.0 Å². The Bertz CT molecular complexity index is 544. The van der Waals surface area contributed by atoms with Gasteiger partial charge in [-0.2, -0.15) is 4.31 Å². The highest BCUT2D eigenvalue weighted by atomic mass is 32.2. The summed E-state index contributed by atoms with van der Waals surface area (Å²) in [7, 11) is -1.76. The molecule has 0 saturated heterocycles. The Hall–Kier alpha value is -1.11. The minimum absolute atomic E-state index is 0.103. The number of sulfonamides is 1. The van der Waals surface area contributed by atoms with Crippen LogP contribution in [0.25, 0.3) is 0 Å². The van der Waals surface area contributed by atoms with Gasteiger partial charge in [0.05, 0.1) is 6.61 Å². The normalized spacial score (nSPS) is 16.2. The van der Waals surface area contributed by atoms with Crippen LogP contribution < -0.4 is 0 Å². The predicted molar refractivity (Wildman–Crippen MR) is 68.4 cm³/mol. The first kappa shape index (κ1) is 13.3. The van der Waals surface area contributed by atoms with Gasteiger partial charge in [0.2, 0.25) is 10.0 Å². The van der Waals surface area contributed by atoms with E-state index in [-0.39, 0.29) is 17.5 Å². The third-order valence-electron chi connectivity index (χ3n) is 3.11. The summed E-state index contributed by atoms with van der Waals surface area (Å²) in [5.74, 6) is 0. The molecule has 1 heterocycles. The monoisotopic (exact) mass is 270 g/mol. The van der Waals surface area contributed by atoms with Gasteiger partial charge < -0.3 is 9.67 Å². The molecular formula is C12H18N2O3S. The number of aromatic nitrogens is 1. The average molecular weight is 270 g/mol. The topological polar surface area (TPSA) is 62.5 Å². The van der Waals surface area contributed by atoms with Gasteiger partial charge in [0.15, 0.2) is 0 Å². The van der Waals surface area contributed by atoms with Crippen molar-refractivity contribution in [2.24, 2.45) is 7.05 Å². The summed E-state index contributed by atoms with van der Waals surface area (Å²) in [5.41, 5.74) is 0.586. The highest BCUT2D eigenvalue weighted by Gasteiger charge is 2.37. The van der Waals surface area contributed by atoms with E-state index in [1.165, 1.54) is 10.4 Å². The summed E-state index contributed by atoms with van der Waals surface area (Å²) in [4.78, 5) is 0.239. The summed E-state index contributed by atoms with van der Waals surface area (Å²) in [6.07, 6.45) is 4.96. The molecule has 18 heavy (non-hydrogen) atoms.